The number of carbonyl (C=O) groups excluding carboxylic acids is 1. The van der Waals surface area contributed by atoms with Crippen LogP contribution in [0.4, 0.5) is 5.69 Å². The third-order valence-electron chi connectivity index (χ3n) is 4.36. The molecule has 1 N–H and O–H groups in total. The highest BCUT2D eigenvalue weighted by molar-refractivity contribution is 6.06. The summed E-state index contributed by atoms with van der Waals surface area (Å²) in [5, 5.41) is 10.9. The van der Waals surface area contributed by atoms with Gasteiger partial charge in [-0.2, -0.15) is 0 Å². The fraction of sp³-hybridized carbons (Fsp3) is 0.167. The van der Waals surface area contributed by atoms with Crippen LogP contribution in [0.25, 0.3) is 0 Å². The van der Waals surface area contributed by atoms with Gasteiger partial charge >= 0.3 is 0 Å². The van der Waals surface area contributed by atoms with Crippen molar-refractivity contribution in [2.24, 2.45) is 0 Å². The van der Waals surface area contributed by atoms with Gasteiger partial charge in [0.15, 0.2) is 5.72 Å². The predicted octanol–water partition coefficient (Wildman–Crippen LogP) is 2.81. The summed E-state index contributed by atoms with van der Waals surface area (Å²) in [6.45, 7) is 0. The molecule has 0 fully saturated rings. The van der Waals surface area contributed by atoms with E-state index in [9.17, 15) is 9.90 Å². The molecule has 0 aromatic heterocycles. The number of carbonyl (C=O) groups is 1. The molecule has 2 aromatic carbocycles. The molecule has 21 heavy (non-hydrogen) atoms. The molecule has 104 valence electrons. The molecule has 2 atom stereocenters. The van der Waals surface area contributed by atoms with E-state index in [1.165, 1.54) is 11.0 Å². The first-order chi connectivity index (χ1) is 10.2. The lowest BCUT2D eigenvalue weighted by molar-refractivity contribution is -0.116. The maximum absolute atomic E-state index is 12.1. The van der Waals surface area contributed by atoms with Crippen molar-refractivity contribution >= 4 is 11.6 Å². The van der Waals surface area contributed by atoms with Gasteiger partial charge in [-0.05, 0) is 23.3 Å². The SMILES string of the molecule is O=C1C=C[C@]2(O)C[C@@H](c3ccccc3)c3ccccc3N12. The second-order valence-electron chi connectivity index (χ2n) is 5.61. The van der Waals surface area contributed by atoms with E-state index in [4.69, 9.17) is 0 Å². The van der Waals surface area contributed by atoms with Crippen molar-refractivity contribution in [3.8, 4) is 0 Å². The van der Waals surface area contributed by atoms with Crippen LogP contribution in [-0.4, -0.2) is 16.7 Å². The van der Waals surface area contributed by atoms with Crippen LogP contribution in [-0.2, 0) is 4.79 Å². The Labute approximate surface area is 123 Å². The van der Waals surface area contributed by atoms with E-state index >= 15 is 0 Å². The second kappa shape index (κ2) is 4.30. The molecule has 3 heteroatoms. The smallest absolute Gasteiger partial charge is 0.253 e. The molecule has 2 aromatic rings. The van der Waals surface area contributed by atoms with Crippen LogP contribution in [0.2, 0.25) is 0 Å². The van der Waals surface area contributed by atoms with Crippen molar-refractivity contribution < 1.29 is 9.90 Å². The van der Waals surface area contributed by atoms with E-state index in [0.29, 0.717) is 6.42 Å². The molecule has 0 saturated carbocycles. The van der Waals surface area contributed by atoms with Crippen molar-refractivity contribution in [2.45, 2.75) is 18.1 Å². The van der Waals surface area contributed by atoms with Crippen LogP contribution in [0.1, 0.15) is 23.5 Å². The van der Waals surface area contributed by atoms with E-state index in [1.54, 1.807) is 6.08 Å². The van der Waals surface area contributed by atoms with Gasteiger partial charge in [0.1, 0.15) is 0 Å². The summed E-state index contributed by atoms with van der Waals surface area (Å²) in [6.07, 6.45) is 3.56. The molecule has 3 nitrogen and oxygen atoms in total. The Hall–Kier alpha value is -2.39. The molecule has 2 aliphatic rings. The van der Waals surface area contributed by atoms with Gasteiger partial charge < -0.3 is 5.11 Å². The van der Waals surface area contributed by atoms with Gasteiger partial charge in [-0.25, -0.2) is 0 Å². The summed E-state index contributed by atoms with van der Waals surface area (Å²) in [6, 6.07) is 18.0. The quantitative estimate of drug-likeness (QED) is 0.870. The lowest BCUT2D eigenvalue weighted by Gasteiger charge is -2.42. The van der Waals surface area contributed by atoms with E-state index < -0.39 is 5.72 Å². The number of anilines is 1. The molecular weight excluding hydrogens is 262 g/mol. The largest absolute Gasteiger partial charge is 0.367 e. The van der Waals surface area contributed by atoms with E-state index in [-0.39, 0.29) is 11.8 Å². The summed E-state index contributed by atoms with van der Waals surface area (Å²) < 4.78 is 0. The molecule has 0 unspecified atom stereocenters. The number of nitrogens with zero attached hydrogens (tertiary/aromatic N) is 1. The van der Waals surface area contributed by atoms with E-state index in [1.807, 2.05) is 42.5 Å². The standard InChI is InChI=1S/C18H15NO2/c20-17-10-11-18(21)12-15(13-6-2-1-3-7-13)14-8-4-5-9-16(14)19(17)18/h1-11,15,21H,12H2/t15-,18-/m0/s1. The number of hydrogen-bond donors (Lipinski definition) is 1. The molecule has 0 radical (unpaired) electrons. The zero-order valence-electron chi connectivity index (χ0n) is 11.4. The summed E-state index contributed by atoms with van der Waals surface area (Å²) >= 11 is 0. The Morgan fingerprint density at radius 1 is 1.05 bits per heavy atom. The van der Waals surface area contributed by atoms with Crippen LogP contribution in [0.3, 0.4) is 0 Å². The summed E-state index contributed by atoms with van der Waals surface area (Å²) in [7, 11) is 0. The Morgan fingerprint density at radius 2 is 1.76 bits per heavy atom. The maximum Gasteiger partial charge on any atom is 0.253 e. The van der Waals surface area contributed by atoms with Crippen molar-refractivity contribution in [3.05, 3.63) is 77.9 Å². The Bertz CT molecular complexity index is 738. The first-order valence-corrected chi connectivity index (χ1v) is 7.09. The van der Waals surface area contributed by atoms with Crippen molar-refractivity contribution in [2.75, 3.05) is 4.90 Å². The Kier molecular flexibility index (Phi) is 2.53. The topological polar surface area (TPSA) is 40.5 Å². The minimum absolute atomic E-state index is 0.0826. The number of amides is 1. The first kappa shape index (κ1) is 12.4. The first-order valence-electron chi connectivity index (χ1n) is 7.09. The highest BCUT2D eigenvalue weighted by Gasteiger charge is 2.47. The lowest BCUT2D eigenvalue weighted by Crippen LogP contribution is -2.50. The molecule has 1 amide bonds. The zero-order chi connectivity index (χ0) is 14.4. The average molecular weight is 277 g/mol. The summed E-state index contributed by atoms with van der Waals surface area (Å²) in [5.41, 5.74) is 1.83. The third-order valence-corrected chi connectivity index (χ3v) is 4.36. The van der Waals surface area contributed by atoms with Crippen molar-refractivity contribution in [1.82, 2.24) is 0 Å². The fourth-order valence-corrected chi connectivity index (χ4v) is 3.41. The minimum Gasteiger partial charge on any atom is -0.367 e. The van der Waals surface area contributed by atoms with Crippen molar-refractivity contribution in [3.63, 3.8) is 0 Å². The highest BCUT2D eigenvalue weighted by Crippen LogP contribution is 2.47. The number of benzene rings is 2. The second-order valence-corrected chi connectivity index (χ2v) is 5.61. The summed E-state index contributed by atoms with van der Waals surface area (Å²) in [5.74, 6) is -0.0735. The van der Waals surface area contributed by atoms with E-state index in [0.717, 1.165) is 16.8 Å². The van der Waals surface area contributed by atoms with E-state index in [2.05, 4.69) is 12.1 Å². The van der Waals surface area contributed by atoms with Gasteiger partial charge in [-0.15, -0.1) is 0 Å². The minimum atomic E-state index is -1.22. The number of aliphatic hydroxyl groups is 1. The van der Waals surface area contributed by atoms with Gasteiger partial charge in [0.2, 0.25) is 0 Å². The lowest BCUT2D eigenvalue weighted by atomic mass is 9.80. The molecule has 2 aliphatic heterocycles. The molecule has 4 rings (SSSR count). The number of rotatable bonds is 1. The zero-order valence-corrected chi connectivity index (χ0v) is 11.4. The highest BCUT2D eigenvalue weighted by atomic mass is 16.3. The van der Waals surface area contributed by atoms with Crippen LogP contribution in [0.15, 0.2) is 66.7 Å². The number of para-hydroxylation sites is 1. The Morgan fingerprint density at radius 3 is 2.57 bits per heavy atom. The monoisotopic (exact) mass is 277 g/mol. The summed E-state index contributed by atoms with van der Waals surface area (Å²) in [4.78, 5) is 13.6. The third kappa shape index (κ3) is 1.74. The van der Waals surface area contributed by atoms with Gasteiger partial charge in [0, 0.05) is 18.4 Å². The van der Waals surface area contributed by atoms with Gasteiger partial charge in [0.25, 0.3) is 5.91 Å². The Balaban J connectivity index is 1.91. The molecule has 0 saturated heterocycles. The number of fused-ring (bicyclic) bond motifs is 3. The fourth-order valence-electron chi connectivity index (χ4n) is 3.41. The van der Waals surface area contributed by atoms with Gasteiger partial charge in [-0.3, -0.25) is 9.69 Å². The molecule has 2 heterocycles. The van der Waals surface area contributed by atoms with Crippen LogP contribution in [0, 0.1) is 0 Å². The molecule has 0 aliphatic carbocycles. The molecule has 0 spiro atoms. The predicted molar refractivity (Wildman–Crippen MR) is 80.9 cm³/mol. The van der Waals surface area contributed by atoms with Crippen LogP contribution in [0.5, 0.6) is 0 Å². The normalized spacial score (nSPS) is 26.6. The average Bonchev–Trinajstić information content (AvgIpc) is 2.83. The van der Waals surface area contributed by atoms with Gasteiger partial charge in [-0.1, -0.05) is 48.5 Å². The molecular formula is C18H15NO2. The number of hydrogen-bond acceptors (Lipinski definition) is 2. The molecule has 0 bridgehead atoms. The van der Waals surface area contributed by atoms with Crippen LogP contribution < -0.4 is 4.90 Å². The van der Waals surface area contributed by atoms with Crippen molar-refractivity contribution in [1.29, 1.82) is 0 Å². The maximum atomic E-state index is 12.1. The van der Waals surface area contributed by atoms with Crippen LogP contribution >= 0.6 is 0 Å². The van der Waals surface area contributed by atoms with Gasteiger partial charge in [0.05, 0.1) is 5.69 Å².